The SMILES string of the molecule is O=C1CC2(CCN(C(=O)C3CCCc4cc(I)ccc43)C2)C(=O)N1. The Bertz CT molecular complexity index is 748. The standard InChI is InChI=1S/C18H19IN2O3/c19-12-4-5-13-11(8-12)2-1-3-14(13)16(23)21-7-6-18(10-21)9-15(22)20-17(18)24/h4-5,8,14H,1-3,6-7,9-10H2,(H,20,22,24). The van der Waals surface area contributed by atoms with Crippen LogP contribution in [0.1, 0.15) is 42.7 Å². The quantitative estimate of drug-likeness (QED) is 0.539. The summed E-state index contributed by atoms with van der Waals surface area (Å²) in [6.45, 7) is 0.940. The van der Waals surface area contributed by atoms with Crippen molar-refractivity contribution in [2.45, 2.75) is 38.0 Å². The van der Waals surface area contributed by atoms with Crippen molar-refractivity contribution in [1.29, 1.82) is 0 Å². The van der Waals surface area contributed by atoms with Crippen molar-refractivity contribution in [3.05, 3.63) is 32.9 Å². The van der Waals surface area contributed by atoms with Crippen LogP contribution < -0.4 is 5.32 Å². The summed E-state index contributed by atoms with van der Waals surface area (Å²) in [5, 5.41) is 2.39. The molecule has 1 aromatic rings. The van der Waals surface area contributed by atoms with Crippen LogP contribution in [0.3, 0.4) is 0 Å². The van der Waals surface area contributed by atoms with E-state index in [0.717, 1.165) is 24.8 Å². The summed E-state index contributed by atoms with van der Waals surface area (Å²) < 4.78 is 1.20. The highest BCUT2D eigenvalue weighted by Crippen LogP contribution is 2.40. The summed E-state index contributed by atoms with van der Waals surface area (Å²) >= 11 is 2.30. The van der Waals surface area contributed by atoms with Gasteiger partial charge >= 0.3 is 0 Å². The van der Waals surface area contributed by atoms with Crippen LogP contribution >= 0.6 is 22.6 Å². The lowest BCUT2D eigenvalue weighted by atomic mass is 9.82. The van der Waals surface area contributed by atoms with Crippen LogP contribution in [0.15, 0.2) is 18.2 Å². The molecular weight excluding hydrogens is 419 g/mol. The number of aryl methyl sites for hydroxylation is 1. The van der Waals surface area contributed by atoms with E-state index in [2.05, 4.69) is 46.1 Å². The summed E-state index contributed by atoms with van der Waals surface area (Å²) in [4.78, 5) is 38.6. The Hall–Kier alpha value is -1.44. The maximum absolute atomic E-state index is 13.1. The van der Waals surface area contributed by atoms with Gasteiger partial charge in [-0.2, -0.15) is 0 Å². The predicted molar refractivity (Wildman–Crippen MR) is 96.2 cm³/mol. The second kappa shape index (κ2) is 5.82. The van der Waals surface area contributed by atoms with E-state index < -0.39 is 5.41 Å². The molecule has 2 aliphatic heterocycles. The predicted octanol–water partition coefficient (Wildman–Crippen LogP) is 1.98. The van der Waals surface area contributed by atoms with Crippen molar-refractivity contribution in [1.82, 2.24) is 10.2 Å². The number of carbonyl (C=O) groups is 3. The van der Waals surface area contributed by atoms with E-state index in [9.17, 15) is 14.4 Å². The average molecular weight is 438 g/mol. The molecule has 2 heterocycles. The Kier molecular flexibility index (Phi) is 3.89. The largest absolute Gasteiger partial charge is 0.341 e. The Morgan fingerprint density at radius 1 is 1.33 bits per heavy atom. The molecule has 2 unspecified atom stereocenters. The molecule has 1 aromatic carbocycles. The van der Waals surface area contributed by atoms with Crippen molar-refractivity contribution < 1.29 is 14.4 Å². The van der Waals surface area contributed by atoms with Gasteiger partial charge in [0, 0.05) is 23.1 Å². The number of fused-ring (bicyclic) bond motifs is 1. The van der Waals surface area contributed by atoms with Gasteiger partial charge in [-0.25, -0.2) is 0 Å². The molecule has 24 heavy (non-hydrogen) atoms. The molecule has 1 spiro atoms. The highest BCUT2D eigenvalue weighted by atomic mass is 127. The van der Waals surface area contributed by atoms with Crippen molar-refractivity contribution in [3.63, 3.8) is 0 Å². The van der Waals surface area contributed by atoms with Crippen LogP contribution in [-0.2, 0) is 20.8 Å². The first-order chi connectivity index (χ1) is 11.5. The van der Waals surface area contributed by atoms with Crippen LogP contribution in [0.25, 0.3) is 0 Å². The van der Waals surface area contributed by atoms with E-state index in [1.165, 1.54) is 9.13 Å². The number of hydrogen-bond acceptors (Lipinski definition) is 3. The fourth-order valence-corrected chi connectivity index (χ4v) is 4.90. The number of nitrogens with one attached hydrogen (secondary N) is 1. The van der Waals surface area contributed by atoms with E-state index in [0.29, 0.717) is 19.5 Å². The van der Waals surface area contributed by atoms with Gasteiger partial charge in [0.1, 0.15) is 0 Å². The van der Waals surface area contributed by atoms with Gasteiger partial charge in [-0.05, 0) is 71.5 Å². The molecule has 6 heteroatoms. The first kappa shape index (κ1) is 16.1. The number of nitrogens with zero attached hydrogens (tertiary/aromatic N) is 1. The monoisotopic (exact) mass is 438 g/mol. The van der Waals surface area contributed by atoms with E-state index in [-0.39, 0.29) is 30.1 Å². The highest BCUT2D eigenvalue weighted by molar-refractivity contribution is 14.1. The van der Waals surface area contributed by atoms with Crippen LogP contribution in [0.4, 0.5) is 0 Å². The summed E-state index contributed by atoms with van der Waals surface area (Å²) in [6, 6.07) is 6.31. The zero-order valence-corrected chi connectivity index (χ0v) is 15.5. The van der Waals surface area contributed by atoms with E-state index in [1.807, 2.05) is 0 Å². The first-order valence-electron chi connectivity index (χ1n) is 8.40. The molecule has 4 rings (SSSR count). The van der Waals surface area contributed by atoms with E-state index >= 15 is 0 Å². The Labute approximate surface area is 154 Å². The molecule has 0 bridgehead atoms. The molecule has 2 saturated heterocycles. The molecule has 0 saturated carbocycles. The van der Waals surface area contributed by atoms with Gasteiger partial charge in [0.05, 0.1) is 11.3 Å². The van der Waals surface area contributed by atoms with Crippen molar-refractivity contribution in [2.24, 2.45) is 5.41 Å². The van der Waals surface area contributed by atoms with Crippen molar-refractivity contribution in [2.75, 3.05) is 13.1 Å². The molecule has 126 valence electrons. The number of benzene rings is 1. The molecule has 1 aliphatic carbocycles. The zero-order chi connectivity index (χ0) is 16.9. The smallest absolute Gasteiger partial charge is 0.235 e. The van der Waals surface area contributed by atoms with Crippen molar-refractivity contribution >= 4 is 40.3 Å². The summed E-state index contributed by atoms with van der Waals surface area (Å²) in [7, 11) is 0. The fourth-order valence-electron chi connectivity index (χ4n) is 4.34. The topological polar surface area (TPSA) is 66.5 Å². The van der Waals surface area contributed by atoms with Gasteiger partial charge in [0.15, 0.2) is 0 Å². The second-order valence-electron chi connectivity index (χ2n) is 7.13. The fraction of sp³-hybridized carbons (Fsp3) is 0.500. The second-order valence-corrected chi connectivity index (χ2v) is 8.38. The molecule has 2 fully saturated rings. The number of rotatable bonds is 1. The van der Waals surface area contributed by atoms with Crippen molar-refractivity contribution in [3.8, 4) is 0 Å². The summed E-state index contributed by atoms with van der Waals surface area (Å²) in [6.07, 6.45) is 3.71. The zero-order valence-electron chi connectivity index (χ0n) is 13.3. The number of imide groups is 1. The molecule has 3 aliphatic rings. The Morgan fingerprint density at radius 2 is 2.17 bits per heavy atom. The van der Waals surface area contributed by atoms with Gasteiger partial charge in [0.25, 0.3) is 0 Å². The Morgan fingerprint density at radius 3 is 2.92 bits per heavy atom. The van der Waals surface area contributed by atoms with Crippen LogP contribution in [-0.4, -0.2) is 35.7 Å². The summed E-state index contributed by atoms with van der Waals surface area (Å²) in [5.41, 5.74) is 1.73. The van der Waals surface area contributed by atoms with Gasteiger partial charge in [-0.3, -0.25) is 19.7 Å². The number of carbonyl (C=O) groups excluding carboxylic acids is 3. The molecule has 3 amide bonds. The van der Waals surface area contributed by atoms with Gasteiger partial charge in [-0.1, -0.05) is 6.07 Å². The first-order valence-corrected chi connectivity index (χ1v) is 9.48. The third-order valence-electron chi connectivity index (χ3n) is 5.62. The molecule has 0 radical (unpaired) electrons. The molecular formula is C18H19IN2O3. The minimum absolute atomic E-state index is 0.110. The summed E-state index contributed by atoms with van der Waals surface area (Å²) in [5.74, 6) is -0.421. The number of amides is 3. The highest BCUT2D eigenvalue weighted by Gasteiger charge is 2.52. The number of likely N-dealkylation sites (tertiary alicyclic amines) is 1. The number of hydrogen-bond donors (Lipinski definition) is 1. The van der Waals surface area contributed by atoms with Crippen LogP contribution in [0.5, 0.6) is 0 Å². The lowest BCUT2D eigenvalue weighted by Gasteiger charge is -2.29. The Balaban J connectivity index is 1.56. The minimum Gasteiger partial charge on any atom is -0.341 e. The normalized spacial score (nSPS) is 29.0. The van der Waals surface area contributed by atoms with Crippen LogP contribution in [0.2, 0.25) is 0 Å². The molecule has 2 atom stereocenters. The maximum atomic E-state index is 13.1. The molecule has 1 N–H and O–H groups in total. The van der Waals surface area contributed by atoms with Crippen LogP contribution in [0, 0.1) is 8.99 Å². The lowest BCUT2D eigenvalue weighted by Crippen LogP contribution is -2.39. The number of halogens is 1. The van der Waals surface area contributed by atoms with Gasteiger partial charge < -0.3 is 4.90 Å². The maximum Gasteiger partial charge on any atom is 0.235 e. The average Bonchev–Trinajstić information content (AvgIpc) is 3.09. The van der Waals surface area contributed by atoms with Gasteiger partial charge in [0.2, 0.25) is 17.7 Å². The minimum atomic E-state index is -0.684. The van der Waals surface area contributed by atoms with Gasteiger partial charge in [-0.15, -0.1) is 0 Å². The molecule has 0 aromatic heterocycles. The van der Waals surface area contributed by atoms with E-state index in [4.69, 9.17) is 0 Å². The molecule has 5 nitrogen and oxygen atoms in total. The lowest BCUT2D eigenvalue weighted by molar-refractivity contribution is -0.133. The third-order valence-corrected chi connectivity index (χ3v) is 6.29. The van der Waals surface area contributed by atoms with E-state index in [1.54, 1.807) is 4.90 Å². The third kappa shape index (κ3) is 2.55.